The van der Waals surface area contributed by atoms with Crippen LogP contribution in [0.3, 0.4) is 0 Å². The van der Waals surface area contributed by atoms with Gasteiger partial charge in [0.1, 0.15) is 0 Å². The maximum atomic E-state index is 13.5. The molecule has 2 aliphatic rings. The third kappa shape index (κ3) is 6.53. The van der Waals surface area contributed by atoms with Gasteiger partial charge in [-0.1, -0.05) is 32.4 Å². The SMILES string of the molecule is CC(C)c1ccc(S(=O)(=O)N(CCC(=O)N2CCNCC2)CCN2CCCCC2C)cc1. The monoisotopic (exact) mass is 464 g/mol. The standard InChI is InChI=1S/C24H40N4O3S/c1-20(2)22-7-9-23(10-8-22)32(30,31)28(19-18-26-14-5-4-6-21(26)3)15-11-24(29)27-16-12-25-13-17-27/h7-10,20-21,25H,4-6,11-19H2,1-3H3. The molecule has 2 heterocycles. The molecule has 3 rings (SSSR count). The predicted octanol–water partition coefficient (Wildman–Crippen LogP) is 2.50. The van der Waals surface area contributed by atoms with E-state index in [-0.39, 0.29) is 18.9 Å². The number of benzene rings is 1. The Labute approximate surface area is 194 Å². The first-order valence-electron chi connectivity index (χ1n) is 12.1. The van der Waals surface area contributed by atoms with Crippen molar-refractivity contribution in [1.29, 1.82) is 0 Å². The van der Waals surface area contributed by atoms with Gasteiger partial charge in [-0.2, -0.15) is 4.31 Å². The predicted molar refractivity (Wildman–Crippen MR) is 128 cm³/mol. The first-order chi connectivity index (χ1) is 15.3. The van der Waals surface area contributed by atoms with Crippen molar-refractivity contribution in [2.75, 3.05) is 52.4 Å². The van der Waals surface area contributed by atoms with E-state index in [9.17, 15) is 13.2 Å². The van der Waals surface area contributed by atoms with E-state index in [1.807, 2.05) is 17.0 Å². The summed E-state index contributed by atoms with van der Waals surface area (Å²) in [7, 11) is -3.66. The molecule has 1 amide bonds. The zero-order valence-electron chi connectivity index (χ0n) is 19.9. The number of piperidine rings is 1. The zero-order valence-corrected chi connectivity index (χ0v) is 20.7. The average molecular weight is 465 g/mol. The Hall–Kier alpha value is -1.48. The van der Waals surface area contributed by atoms with E-state index >= 15 is 0 Å². The molecule has 2 fully saturated rings. The van der Waals surface area contributed by atoms with Crippen LogP contribution in [0.2, 0.25) is 0 Å². The number of piperazine rings is 1. The number of hydrogen-bond donors (Lipinski definition) is 1. The smallest absolute Gasteiger partial charge is 0.243 e. The third-order valence-electron chi connectivity index (χ3n) is 6.81. The summed E-state index contributed by atoms with van der Waals surface area (Å²) in [6.07, 6.45) is 3.78. The summed E-state index contributed by atoms with van der Waals surface area (Å²) >= 11 is 0. The Morgan fingerprint density at radius 3 is 2.41 bits per heavy atom. The lowest BCUT2D eigenvalue weighted by Gasteiger charge is -2.35. The van der Waals surface area contributed by atoms with Gasteiger partial charge in [0.2, 0.25) is 15.9 Å². The Bertz CT molecular complexity index is 835. The molecule has 180 valence electrons. The largest absolute Gasteiger partial charge is 0.340 e. The second kappa shape index (κ2) is 11.6. The summed E-state index contributed by atoms with van der Waals surface area (Å²) in [5.41, 5.74) is 1.12. The minimum absolute atomic E-state index is 0.0354. The molecule has 0 aliphatic carbocycles. The zero-order chi connectivity index (χ0) is 23.1. The number of nitrogens with one attached hydrogen (secondary N) is 1. The number of likely N-dealkylation sites (tertiary alicyclic amines) is 1. The minimum atomic E-state index is -3.66. The van der Waals surface area contributed by atoms with Crippen LogP contribution in [0, 0.1) is 0 Å². The molecule has 0 bridgehead atoms. The van der Waals surface area contributed by atoms with E-state index in [0.717, 1.165) is 38.0 Å². The van der Waals surface area contributed by atoms with Gasteiger partial charge in [-0.05, 0) is 49.9 Å². The molecule has 2 saturated heterocycles. The molecule has 1 N–H and O–H groups in total. The highest BCUT2D eigenvalue weighted by Crippen LogP contribution is 2.22. The Morgan fingerprint density at radius 1 is 1.09 bits per heavy atom. The van der Waals surface area contributed by atoms with Crippen LogP contribution in [0.1, 0.15) is 57.9 Å². The number of nitrogens with zero attached hydrogens (tertiary/aromatic N) is 3. The van der Waals surface area contributed by atoms with Gasteiger partial charge in [0.05, 0.1) is 4.90 Å². The van der Waals surface area contributed by atoms with Crippen LogP contribution in [0.4, 0.5) is 0 Å². The van der Waals surface area contributed by atoms with Crippen LogP contribution in [0.25, 0.3) is 0 Å². The van der Waals surface area contributed by atoms with E-state index in [4.69, 9.17) is 0 Å². The molecular formula is C24H40N4O3S. The summed E-state index contributed by atoms with van der Waals surface area (Å²) in [6.45, 7) is 11.7. The van der Waals surface area contributed by atoms with Gasteiger partial charge < -0.3 is 10.2 Å². The first kappa shape index (κ1) is 25.1. The molecule has 2 aliphatic heterocycles. The molecule has 8 heteroatoms. The lowest BCUT2D eigenvalue weighted by molar-refractivity contribution is -0.131. The van der Waals surface area contributed by atoms with Crippen LogP contribution < -0.4 is 5.32 Å². The molecule has 1 aromatic rings. The van der Waals surface area contributed by atoms with Crippen molar-refractivity contribution >= 4 is 15.9 Å². The summed E-state index contributed by atoms with van der Waals surface area (Å²) in [5.74, 6) is 0.383. The third-order valence-corrected chi connectivity index (χ3v) is 8.72. The van der Waals surface area contributed by atoms with Gasteiger partial charge in [-0.25, -0.2) is 8.42 Å². The first-order valence-corrected chi connectivity index (χ1v) is 13.6. The molecule has 1 atom stereocenters. The molecule has 0 radical (unpaired) electrons. The van der Waals surface area contributed by atoms with Crippen molar-refractivity contribution in [3.63, 3.8) is 0 Å². The number of rotatable bonds is 9. The van der Waals surface area contributed by atoms with Crippen molar-refractivity contribution in [3.8, 4) is 0 Å². The van der Waals surface area contributed by atoms with Gasteiger partial charge in [-0.3, -0.25) is 9.69 Å². The van der Waals surface area contributed by atoms with Crippen LogP contribution in [0.15, 0.2) is 29.2 Å². The molecule has 0 spiro atoms. The molecule has 7 nitrogen and oxygen atoms in total. The lowest BCUT2D eigenvalue weighted by Crippen LogP contribution is -2.48. The van der Waals surface area contributed by atoms with Crippen LogP contribution in [-0.4, -0.2) is 86.8 Å². The average Bonchev–Trinajstić information content (AvgIpc) is 2.80. The topological polar surface area (TPSA) is 73.0 Å². The van der Waals surface area contributed by atoms with Gasteiger partial charge >= 0.3 is 0 Å². The normalized spacial score (nSPS) is 20.8. The molecule has 0 saturated carbocycles. The van der Waals surface area contributed by atoms with E-state index in [1.54, 1.807) is 12.1 Å². The van der Waals surface area contributed by atoms with E-state index in [2.05, 4.69) is 31.0 Å². The van der Waals surface area contributed by atoms with Crippen molar-refractivity contribution < 1.29 is 13.2 Å². The molecular weight excluding hydrogens is 424 g/mol. The fraction of sp³-hybridized carbons (Fsp3) is 0.708. The summed E-state index contributed by atoms with van der Waals surface area (Å²) in [6, 6.07) is 7.68. The maximum Gasteiger partial charge on any atom is 0.243 e. The minimum Gasteiger partial charge on any atom is -0.340 e. The summed E-state index contributed by atoms with van der Waals surface area (Å²) < 4.78 is 28.6. The Morgan fingerprint density at radius 2 is 1.78 bits per heavy atom. The van der Waals surface area contributed by atoms with Crippen molar-refractivity contribution in [2.24, 2.45) is 0 Å². The number of hydrogen-bond acceptors (Lipinski definition) is 5. The Balaban J connectivity index is 1.72. The second-order valence-corrected chi connectivity index (χ2v) is 11.3. The van der Waals surface area contributed by atoms with Crippen molar-refractivity contribution in [1.82, 2.24) is 19.4 Å². The van der Waals surface area contributed by atoms with Gasteiger partial charge in [0, 0.05) is 58.3 Å². The number of carbonyl (C=O) groups excluding carboxylic acids is 1. The van der Waals surface area contributed by atoms with Gasteiger partial charge in [0.25, 0.3) is 0 Å². The van der Waals surface area contributed by atoms with E-state index < -0.39 is 10.0 Å². The van der Waals surface area contributed by atoms with E-state index in [0.29, 0.717) is 43.0 Å². The van der Waals surface area contributed by atoms with Crippen LogP contribution in [0.5, 0.6) is 0 Å². The Kier molecular flexibility index (Phi) is 9.11. The molecule has 32 heavy (non-hydrogen) atoms. The van der Waals surface area contributed by atoms with Crippen molar-refractivity contribution in [2.45, 2.75) is 63.3 Å². The highest BCUT2D eigenvalue weighted by atomic mass is 32.2. The van der Waals surface area contributed by atoms with Gasteiger partial charge in [0.15, 0.2) is 0 Å². The van der Waals surface area contributed by atoms with Crippen molar-refractivity contribution in [3.05, 3.63) is 29.8 Å². The number of sulfonamides is 1. The number of carbonyl (C=O) groups is 1. The number of amides is 1. The molecule has 1 aromatic carbocycles. The van der Waals surface area contributed by atoms with Crippen LogP contribution >= 0.6 is 0 Å². The molecule has 1 unspecified atom stereocenters. The second-order valence-electron chi connectivity index (χ2n) is 9.39. The fourth-order valence-electron chi connectivity index (χ4n) is 4.55. The van der Waals surface area contributed by atoms with Crippen LogP contribution in [-0.2, 0) is 14.8 Å². The highest BCUT2D eigenvalue weighted by molar-refractivity contribution is 7.89. The maximum absolute atomic E-state index is 13.5. The summed E-state index contributed by atoms with van der Waals surface area (Å²) in [5, 5.41) is 3.25. The lowest BCUT2D eigenvalue weighted by atomic mass is 10.0. The summed E-state index contributed by atoms with van der Waals surface area (Å²) in [4.78, 5) is 17.2. The van der Waals surface area contributed by atoms with Gasteiger partial charge in [-0.15, -0.1) is 0 Å². The highest BCUT2D eigenvalue weighted by Gasteiger charge is 2.28. The quantitative estimate of drug-likeness (QED) is 0.608. The van der Waals surface area contributed by atoms with E-state index in [1.165, 1.54) is 10.7 Å². The molecule has 0 aromatic heterocycles. The fourth-order valence-corrected chi connectivity index (χ4v) is 5.98.